The number of aromatic hydroxyl groups is 2. The second-order valence-electron chi connectivity index (χ2n) is 7.27. The van der Waals surface area contributed by atoms with E-state index in [2.05, 4.69) is 50.2 Å². The monoisotopic (exact) mass is 350 g/mol. The van der Waals surface area contributed by atoms with Crippen LogP contribution in [0.5, 0.6) is 11.5 Å². The molecule has 0 unspecified atom stereocenters. The Kier molecular flexibility index (Phi) is 5.48. The highest BCUT2D eigenvalue weighted by atomic mass is 16.3. The molecule has 0 spiro atoms. The first-order valence-corrected chi connectivity index (χ1v) is 9.12. The molecular formula is C23H26O3. The van der Waals surface area contributed by atoms with Crippen molar-refractivity contribution in [2.75, 3.05) is 0 Å². The first-order valence-electron chi connectivity index (χ1n) is 9.12. The van der Waals surface area contributed by atoms with Gasteiger partial charge in [-0.2, -0.15) is 0 Å². The van der Waals surface area contributed by atoms with Crippen LogP contribution in [-0.4, -0.2) is 15.3 Å². The summed E-state index contributed by atoms with van der Waals surface area (Å²) in [6.45, 7) is 4.33. The number of benzene rings is 3. The lowest BCUT2D eigenvalue weighted by Gasteiger charge is -2.17. The van der Waals surface area contributed by atoms with E-state index in [0.29, 0.717) is 17.9 Å². The van der Waals surface area contributed by atoms with E-state index in [1.807, 2.05) is 0 Å². The third-order valence-electron chi connectivity index (χ3n) is 5.04. The Hall–Kier alpha value is -2.52. The van der Waals surface area contributed by atoms with Gasteiger partial charge in [-0.15, -0.1) is 0 Å². The molecule has 3 heteroatoms. The minimum absolute atomic E-state index is 0.0294. The molecule has 3 N–H and O–H groups in total. The molecule has 0 saturated carbocycles. The number of aliphatic hydroxyl groups is 1. The van der Waals surface area contributed by atoms with E-state index in [-0.39, 0.29) is 11.5 Å². The Labute approximate surface area is 154 Å². The van der Waals surface area contributed by atoms with Crippen molar-refractivity contribution in [2.45, 2.75) is 39.2 Å². The lowest BCUT2D eigenvalue weighted by molar-refractivity contribution is 0.157. The van der Waals surface area contributed by atoms with Gasteiger partial charge in [-0.25, -0.2) is 0 Å². The fraction of sp³-hybridized carbons (Fsp3) is 0.304. The predicted octanol–water partition coefficient (Wildman–Crippen LogP) is 5.25. The number of aryl methyl sites for hydroxylation is 1. The SMILES string of the molecule is Cc1ccc(C[C@H](C)CC[C@H](O)c2cc(O)cc(O)c2)c2ccccc12. The molecule has 26 heavy (non-hydrogen) atoms. The van der Waals surface area contributed by atoms with Crippen LogP contribution in [-0.2, 0) is 6.42 Å². The minimum atomic E-state index is -0.690. The summed E-state index contributed by atoms with van der Waals surface area (Å²) >= 11 is 0. The van der Waals surface area contributed by atoms with Crippen molar-refractivity contribution < 1.29 is 15.3 Å². The molecule has 136 valence electrons. The molecule has 3 rings (SSSR count). The number of hydrogen-bond acceptors (Lipinski definition) is 3. The van der Waals surface area contributed by atoms with Crippen molar-refractivity contribution >= 4 is 10.8 Å². The first kappa shape index (κ1) is 18.3. The van der Waals surface area contributed by atoms with Crippen LogP contribution in [0.2, 0.25) is 0 Å². The van der Waals surface area contributed by atoms with Crippen molar-refractivity contribution in [3.05, 3.63) is 71.3 Å². The van der Waals surface area contributed by atoms with Crippen LogP contribution in [0.4, 0.5) is 0 Å². The van der Waals surface area contributed by atoms with Crippen LogP contribution in [0.1, 0.15) is 42.6 Å². The van der Waals surface area contributed by atoms with Crippen LogP contribution in [0.15, 0.2) is 54.6 Å². The maximum atomic E-state index is 10.4. The van der Waals surface area contributed by atoms with Gasteiger partial charge >= 0.3 is 0 Å². The standard InChI is InChI=1S/C23H26O3/c1-15(7-10-23(26)18-12-19(24)14-20(25)13-18)11-17-9-8-16(2)21-5-3-4-6-22(17)21/h3-6,8-9,12-15,23-26H,7,10-11H2,1-2H3/t15-,23+/m1/s1. The van der Waals surface area contributed by atoms with Crippen LogP contribution in [0.25, 0.3) is 10.8 Å². The van der Waals surface area contributed by atoms with Gasteiger partial charge in [0.1, 0.15) is 11.5 Å². The number of hydrogen-bond donors (Lipinski definition) is 3. The van der Waals surface area contributed by atoms with Crippen LogP contribution in [0.3, 0.4) is 0 Å². The number of phenols is 2. The van der Waals surface area contributed by atoms with E-state index in [9.17, 15) is 15.3 Å². The molecule has 0 aliphatic carbocycles. The third kappa shape index (κ3) is 4.17. The zero-order chi connectivity index (χ0) is 18.7. The lowest BCUT2D eigenvalue weighted by atomic mass is 9.90. The first-order chi connectivity index (χ1) is 12.4. The molecule has 3 nitrogen and oxygen atoms in total. The molecule has 0 heterocycles. The van der Waals surface area contributed by atoms with Gasteiger partial charge < -0.3 is 15.3 Å². The van der Waals surface area contributed by atoms with E-state index in [1.165, 1.54) is 40.1 Å². The van der Waals surface area contributed by atoms with Gasteiger partial charge in [0.25, 0.3) is 0 Å². The van der Waals surface area contributed by atoms with Crippen molar-refractivity contribution in [3.8, 4) is 11.5 Å². The van der Waals surface area contributed by atoms with E-state index >= 15 is 0 Å². The quantitative estimate of drug-likeness (QED) is 0.569. The van der Waals surface area contributed by atoms with Crippen molar-refractivity contribution in [1.82, 2.24) is 0 Å². The van der Waals surface area contributed by atoms with Crippen LogP contribution >= 0.6 is 0 Å². The Balaban J connectivity index is 1.66. The van der Waals surface area contributed by atoms with Crippen LogP contribution in [0, 0.1) is 12.8 Å². The van der Waals surface area contributed by atoms with E-state index in [0.717, 1.165) is 12.8 Å². The molecule has 0 amide bonds. The number of rotatable bonds is 6. The largest absolute Gasteiger partial charge is 0.508 e. The predicted molar refractivity (Wildman–Crippen MR) is 106 cm³/mol. The summed E-state index contributed by atoms with van der Waals surface area (Å²) < 4.78 is 0. The average Bonchev–Trinajstić information content (AvgIpc) is 2.61. The molecule has 3 aromatic carbocycles. The molecule has 0 aliphatic heterocycles. The van der Waals surface area contributed by atoms with Gasteiger partial charge in [0.2, 0.25) is 0 Å². The summed E-state index contributed by atoms with van der Waals surface area (Å²) in [6.07, 6.45) is 1.72. The Morgan fingerprint density at radius 3 is 2.19 bits per heavy atom. The number of phenolic OH excluding ortho intramolecular Hbond substituents is 2. The van der Waals surface area contributed by atoms with Crippen molar-refractivity contribution in [2.24, 2.45) is 5.92 Å². The third-order valence-corrected chi connectivity index (χ3v) is 5.04. The van der Waals surface area contributed by atoms with Crippen molar-refractivity contribution in [1.29, 1.82) is 0 Å². The molecule has 0 aromatic heterocycles. The molecule has 0 bridgehead atoms. The maximum Gasteiger partial charge on any atom is 0.119 e. The van der Waals surface area contributed by atoms with Gasteiger partial charge in [-0.05, 0) is 71.7 Å². The smallest absolute Gasteiger partial charge is 0.119 e. The fourth-order valence-corrected chi connectivity index (χ4v) is 3.59. The zero-order valence-corrected chi connectivity index (χ0v) is 15.3. The summed E-state index contributed by atoms with van der Waals surface area (Å²) in [7, 11) is 0. The van der Waals surface area contributed by atoms with Gasteiger partial charge in [0, 0.05) is 6.07 Å². The topological polar surface area (TPSA) is 60.7 Å². The second kappa shape index (κ2) is 7.79. The molecule has 0 aliphatic rings. The van der Waals surface area contributed by atoms with Crippen molar-refractivity contribution in [3.63, 3.8) is 0 Å². The van der Waals surface area contributed by atoms with Gasteiger partial charge in [0.15, 0.2) is 0 Å². The minimum Gasteiger partial charge on any atom is -0.508 e. The summed E-state index contributed by atoms with van der Waals surface area (Å²) in [6, 6.07) is 17.1. The molecular weight excluding hydrogens is 324 g/mol. The summed E-state index contributed by atoms with van der Waals surface area (Å²) in [5.74, 6) is 0.359. The Bertz CT molecular complexity index is 881. The number of fused-ring (bicyclic) bond motifs is 1. The lowest BCUT2D eigenvalue weighted by Crippen LogP contribution is -2.05. The van der Waals surface area contributed by atoms with Gasteiger partial charge in [-0.1, -0.05) is 43.3 Å². The summed E-state index contributed by atoms with van der Waals surface area (Å²) in [4.78, 5) is 0. The molecule has 0 saturated heterocycles. The average molecular weight is 350 g/mol. The van der Waals surface area contributed by atoms with E-state index in [1.54, 1.807) is 0 Å². The van der Waals surface area contributed by atoms with Gasteiger partial charge in [-0.3, -0.25) is 0 Å². The molecule has 0 fully saturated rings. The number of aliphatic hydroxyl groups excluding tert-OH is 1. The van der Waals surface area contributed by atoms with E-state index in [4.69, 9.17) is 0 Å². The maximum absolute atomic E-state index is 10.4. The zero-order valence-electron chi connectivity index (χ0n) is 15.3. The molecule has 3 aromatic rings. The fourth-order valence-electron chi connectivity index (χ4n) is 3.59. The van der Waals surface area contributed by atoms with E-state index < -0.39 is 6.10 Å². The summed E-state index contributed by atoms with van der Waals surface area (Å²) in [5.41, 5.74) is 3.18. The van der Waals surface area contributed by atoms with Crippen LogP contribution < -0.4 is 0 Å². The molecule has 0 radical (unpaired) electrons. The highest BCUT2D eigenvalue weighted by molar-refractivity contribution is 5.88. The highest BCUT2D eigenvalue weighted by Crippen LogP contribution is 2.30. The highest BCUT2D eigenvalue weighted by Gasteiger charge is 2.14. The Morgan fingerprint density at radius 1 is 0.846 bits per heavy atom. The Morgan fingerprint density at radius 2 is 1.50 bits per heavy atom. The summed E-state index contributed by atoms with van der Waals surface area (Å²) in [5, 5.41) is 32.1. The molecule has 2 atom stereocenters. The van der Waals surface area contributed by atoms with Gasteiger partial charge in [0.05, 0.1) is 6.10 Å². The second-order valence-corrected chi connectivity index (χ2v) is 7.27. The normalized spacial score (nSPS) is 13.7.